The van der Waals surface area contributed by atoms with Crippen molar-refractivity contribution in [2.45, 2.75) is 19.8 Å². The lowest BCUT2D eigenvalue weighted by molar-refractivity contribution is 0.100. The summed E-state index contributed by atoms with van der Waals surface area (Å²) >= 11 is 0.728. The lowest BCUT2D eigenvalue weighted by Gasteiger charge is -2.10. The molecule has 14 heteroatoms. The van der Waals surface area contributed by atoms with E-state index >= 15 is 0 Å². The molecular weight excluding hydrogens is 531 g/mol. The first-order valence-electron chi connectivity index (χ1n) is 10.8. The fourth-order valence-electron chi connectivity index (χ4n) is 3.96. The van der Waals surface area contributed by atoms with E-state index in [0.29, 0.717) is 11.1 Å². The number of amides is 2. The smallest absolute Gasteiger partial charge is 0.280 e. The number of hydrogen-bond acceptors (Lipinski definition) is 6. The van der Waals surface area contributed by atoms with Crippen molar-refractivity contribution in [2.75, 3.05) is 5.32 Å². The van der Waals surface area contributed by atoms with Crippen LogP contribution in [0.3, 0.4) is 0 Å². The van der Waals surface area contributed by atoms with Gasteiger partial charge in [0, 0.05) is 10.9 Å². The van der Waals surface area contributed by atoms with Crippen LogP contribution in [-0.4, -0.2) is 31.4 Å². The quantitative estimate of drug-likeness (QED) is 0.266. The lowest BCUT2D eigenvalue weighted by atomic mass is 10.1. The Bertz CT molecular complexity index is 1730. The molecule has 5 rings (SSSR count). The fraction of sp³-hybridized carbons (Fsp3) is 0.125. The van der Waals surface area contributed by atoms with Crippen molar-refractivity contribution < 1.29 is 31.5 Å². The summed E-state index contributed by atoms with van der Waals surface area (Å²) in [5.74, 6) is -2.34. The average Bonchev–Trinajstić information content (AvgIpc) is 3.45. The minimum atomic E-state index is -2.99. The Balaban J connectivity index is 1.63. The number of rotatable bonds is 6. The number of primary amides is 1. The SMILES string of the molecule is Cc1cc(C(F)F)nc2sc(C(N)=O)c(NC(=O)c3cnn4c(C(F)F)cc(-c5ccc(F)cc5)nc34)c12. The minimum absolute atomic E-state index is 0.0423. The molecule has 3 N–H and O–H groups in total. The number of halogens is 5. The van der Waals surface area contributed by atoms with Gasteiger partial charge in [-0.25, -0.2) is 36.4 Å². The number of carbonyl (C=O) groups excluding carboxylic acids is 2. The summed E-state index contributed by atoms with van der Waals surface area (Å²) in [4.78, 5) is 33.5. The highest BCUT2D eigenvalue weighted by atomic mass is 32.1. The number of carbonyl (C=O) groups is 2. The van der Waals surface area contributed by atoms with Gasteiger partial charge in [0.05, 0.1) is 17.6 Å². The van der Waals surface area contributed by atoms with E-state index < -0.39 is 41.9 Å². The Morgan fingerprint density at radius 3 is 2.39 bits per heavy atom. The molecule has 0 spiro atoms. The number of nitrogens with two attached hydrogens (primary N) is 1. The standard InChI is InChI=1S/C24H15F5N6O2S/c1-9-6-14(19(26)27)33-24-16(9)17(18(38-24)21(30)36)34-23(37)12-8-31-35-15(20(28)29)7-13(32-22(12)35)10-2-4-11(25)5-3-10/h2-8,19-20H,1H3,(H2,30,36)(H,34,37). The highest BCUT2D eigenvalue weighted by molar-refractivity contribution is 7.21. The Kier molecular flexibility index (Phi) is 6.26. The van der Waals surface area contributed by atoms with E-state index in [1.807, 2.05) is 0 Å². The second-order valence-corrected chi connectivity index (χ2v) is 9.14. The first-order valence-corrected chi connectivity index (χ1v) is 11.6. The minimum Gasteiger partial charge on any atom is -0.365 e. The van der Waals surface area contributed by atoms with Gasteiger partial charge < -0.3 is 11.1 Å². The maximum absolute atomic E-state index is 13.9. The highest BCUT2D eigenvalue weighted by Crippen LogP contribution is 2.38. The topological polar surface area (TPSA) is 115 Å². The van der Waals surface area contributed by atoms with Gasteiger partial charge in [0.2, 0.25) is 0 Å². The van der Waals surface area contributed by atoms with Crippen molar-refractivity contribution in [3.05, 3.63) is 75.8 Å². The molecule has 38 heavy (non-hydrogen) atoms. The van der Waals surface area contributed by atoms with Gasteiger partial charge in [-0.1, -0.05) is 0 Å². The van der Waals surface area contributed by atoms with Crippen molar-refractivity contribution >= 4 is 44.7 Å². The predicted octanol–water partition coefficient (Wildman–Crippen LogP) is 5.68. The molecule has 0 atom stereocenters. The second kappa shape index (κ2) is 9.45. The van der Waals surface area contributed by atoms with Crippen LogP contribution in [0.5, 0.6) is 0 Å². The summed E-state index contributed by atoms with van der Waals surface area (Å²) in [6.45, 7) is 1.50. The van der Waals surface area contributed by atoms with Crippen molar-refractivity contribution in [3.8, 4) is 11.3 Å². The number of pyridine rings is 1. The second-order valence-electron chi connectivity index (χ2n) is 8.14. The van der Waals surface area contributed by atoms with E-state index in [1.165, 1.54) is 19.1 Å². The third-order valence-corrected chi connectivity index (χ3v) is 6.77. The van der Waals surface area contributed by atoms with Gasteiger partial charge in [-0.3, -0.25) is 9.59 Å². The van der Waals surface area contributed by atoms with Crippen LogP contribution in [0.1, 0.15) is 49.8 Å². The number of aromatic nitrogens is 4. The molecule has 8 nitrogen and oxygen atoms in total. The number of alkyl halides is 4. The zero-order valence-electron chi connectivity index (χ0n) is 19.2. The van der Waals surface area contributed by atoms with Gasteiger partial charge in [-0.05, 0) is 48.9 Å². The molecule has 0 bridgehead atoms. The maximum Gasteiger partial charge on any atom is 0.280 e. The molecule has 0 aliphatic heterocycles. The van der Waals surface area contributed by atoms with Gasteiger partial charge >= 0.3 is 0 Å². The van der Waals surface area contributed by atoms with Gasteiger partial charge in [-0.2, -0.15) is 5.10 Å². The summed E-state index contributed by atoms with van der Waals surface area (Å²) in [7, 11) is 0. The van der Waals surface area contributed by atoms with Gasteiger partial charge in [0.25, 0.3) is 24.7 Å². The molecule has 0 fully saturated rings. The predicted molar refractivity (Wildman–Crippen MR) is 129 cm³/mol. The summed E-state index contributed by atoms with van der Waals surface area (Å²) < 4.78 is 68.4. The Morgan fingerprint density at radius 2 is 1.76 bits per heavy atom. The molecule has 2 amide bonds. The highest BCUT2D eigenvalue weighted by Gasteiger charge is 2.26. The van der Waals surface area contributed by atoms with Crippen LogP contribution in [0, 0.1) is 12.7 Å². The number of nitrogens with one attached hydrogen (secondary N) is 1. The molecule has 1 aromatic carbocycles. The van der Waals surface area contributed by atoms with Crippen molar-refractivity contribution in [1.82, 2.24) is 19.6 Å². The van der Waals surface area contributed by atoms with Gasteiger partial charge in [-0.15, -0.1) is 11.3 Å². The van der Waals surface area contributed by atoms with E-state index in [0.717, 1.165) is 46.3 Å². The third-order valence-electron chi connectivity index (χ3n) is 5.67. The maximum atomic E-state index is 13.9. The summed E-state index contributed by atoms with van der Waals surface area (Å²) in [5, 5.41) is 6.63. The monoisotopic (exact) mass is 546 g/mol. The van der Waals surface area contributed by atoms with E-state index in [2.05, 4.69) is 20.4 Å². The van der Waals surface area contributed by atoms with Gasteiger partial charge in [0.15, 0.2) is 5.65 Å². The number of benzene rings is 1. The van der Waals surface area contributed by atoms with Crippen LogP contribution in [0.2, 0.25) is 0 Å². The van der Waals surface area contributed by atoms with Crippen LogP contribution >= 0.6 is 11.3 Å². The summed E-state index contributed by atoms with van der Waals surface area (Å²) in [5.41, 5.74) is 4.55. The van der Waals surface area contributed by atoms with Crippen molar-refractivity contribution in [1.29, 1.82) is 0 Å². The zero-order valence-corrected chi connectivity index (χ0v) is 20.0. The molecule has 0 aliphatic rings. The number of thiophene rings is 1. The largest absolute Gasteiger partial charge is 0.365 e. The number of nitrogens with zero attached hydrogens (tertiary/aromatic N) is 4. The molecule has 0 radical (unpaired) electrons. The Labute approximate surface area is 213 Å². The van der Waals surface area contributed by atoms with Crippen LogP contribution in [0.25, 0.3) is 27.1 Å². The zero-order chi connectivity index (χ0) is 27.3. The van der Waals surface area contributed by atoms with Crippen LogP contribution in [-0.2, 0) is 0 Å². The van der Waals surface area contributed by atoms with Crippen molar-refractivity contribution in [2.24, 2.45) is 5.73 Å². The van der Waals surface area contributed by atoms with Crippen LogP contribution < -0.4 is 11.1 Å². The molecule has 0 unspecified atom stereocenters. The molecule has 5 aromatic rings. The number of hydrogen-bond donors (Lipinski definition) is 2. The molecular formula is C24H15F5N6O2S. The third kappa shape index (κ3) is 4.32. The van der Waals surface area contributed by atoms with E-state index in [4.69, 9.17) is 5.73 Å². The average molecular weight is 546 g/mol. The van der Waals surface area contributed by atoms with Crippen LogP contribution in [0.4, 0.5) is 27.6 Å². The molecule has 4 heterocycles. The summed E-state index contributed by atoms with van der Waals surface area (Å²) in [6, 6.07) is 7.17. The molecule has 0 aliphatic carbocycles. The van der Waals surface area contributed by atoms with Crippen LogP contribution in [0.15, 0.2) is 42.6 Å². The molecule has 0 saturated carbocycles. The number of anilines is 1. The summed E-state index contributed by atoms with van der Waals surface area (Å²) in [6.07, 6.45) is -4.83. The van der Waals surface area contributed by atoms with Crippen molar-refractivity contribution in [3.63, 3.8) is 0 Å². The molecule has 4 aromatic heterocycles. The van der Waals surface area contributed by atoms with E-state index in [1.54, 1.807) is 0 Å². The first-order chi connectivity index (χ1) is 18.0. The number of fused-ring (bicyclic) bond motifs is 2. The van der Waals surface area contributed by atoms with E-state index in [9.17, 15) is 31.5 Å². The number of aryl methyl sites for hydroxylation is 1. The lowest BCUT2D eigenvalue weighted by Crippen LogP contribution is -2.17. The Hall–Kier alpha value is -4.46. The van der Waals surface area contributed by atoms with E-state index in [-0.39, 0.29) is 37.7 Å². The van der Waals surface area contributed by atoms with Gasteiger partial charge in [0.1, 0.15) is 32.5 Å². The Morgan fingerprint density at radius 1 is 1.05 bits per heavy atom. The molecule has 194 valence electrons. The molecule has 0 saturated heterocycles. The first kappa shape index (κ1) is 25.2. The normalized spacial score (nSPS) is 11.7. The fourth-order valence-corrected chi connectivity index (χ4v) is 5.03.